The van der Waals surface area contributed by atoms with Gasteiger partial charge < -0.3 is 14.6 Å². The third kappa shape index (κ3) is 5.24. The van der Waals surface area contributed by atoms with Gasteiger partial charge in [-0.1, -0.05) is 71.0 Å². The first-order valence-electron chi connectivity index (χ1n) is 20.8. The van der Waals surface area contributed by atoms with Crippen LogP contribution in [0, 0.1) is 56.7 Å². The molecule has 0 radical (unpaired) electrons. The van der Waals surface area contributed by atoms with Crippen molar-refractivity contribution in [2.75, 3.05) is 6.54 Å². The highest BCUT2D eigenvalue weighted by Gasteiger charge is 2.72. The number of imidazole rings is 1. The van der Waals surface area contributed by atoms with Gasteiger partial charge in [0.05, 0.1) is 23.3 Å². The third-order valence-electron chi connectivity index (χ3n) is 17.5. The van der Waals surface area contributed by atoms with Crippen LogP contribution in [0.5, 0.6) is 0 Å². The van der Waals surface area contributed by atoms with Gasteiger partial charge in [0, 0.05) is 24.4 Å². The first-order chi connectivity index (χ1) is 25.1. The zero-order valence-corrected chi connectivity index (χ0v) is 33.4. The van der Waals surface area contributed by atoms with E-state index in [0.29, 0.717) is 41.1 Å². The Morgan fingerprint density at radius 3 is 2.34 bits per heavy atom. The van der Waals surface area contributed by atoms with E-state index in [1.54, 1.807) is 6.92 Å². The van der Waals surface area contributed by atoms with Gasteiger partial charge in [-0.3, -0.25) is 14.4 Å². The first-order valence-corrected chi connectivity index (χ1v) is 20.8. The second-order valence-electron chi connectivity index (χ2n) is 19.9. The molecule has 0 spiro atoms. The van der Waals surface area contributed by atoms with Gasteiger partial charge in [-0.05, 0) is 135 Å². The van der Waals surface area contributed by atoms with Crippen molar-refractivity contribution in [1.82, 2.24) is 14.9 Å². The number of aromatic amines is 1. The Bertz CT molecular complexity index is 1800. The Balaban J connectivity index is 1.09. The van der Waals surface area contributed by atoms with Crippen LogP contribution in [0.4, 0.5) is 0 Å². The Labute approximate surface area is 317 Å². The molecule has 2 aromatic rings. The molecule has 1 saturated heterocycles. The SMILES string of the molecule is C=C(C)[C@@H]1CC[C@]2(C(=O)N3CCCC3c3ncc(-c4ccc(C=O)cc4)[nH]3)CC[C@]3(C)[C@H](CC[C@@H]4[C@@]5(C)CC[C@H](OC(C)=O)C(C)(C)[C@@H]5CC[C@]43C)[C@@H]12. The van der Waals surface area contributed by atoms with Gasteiger partial charge in [-0.25, -0.2) is 4.98 Å². The maximum atomic E-state index is 15.4. The van der Waals surface area contributed by atoms with E-state index in [0.717, 1.165) is 81.3 Å². The molecule has 11 atom stereocenters. The number of aldehydes is 1. The predicted molar refractivity (Wildman–Crippen MR) is 208 cm³/mol. The Hall–Kier alpha value is -3.22. The number of allylic oxidation sites excluding steroid dienone is 1. The normalized spacial score (nSPS) is 41.4. The molecule has 1 aromatic heterocycles. The predicted octanol–water partition coefficient (Wildman–Crippen LogP) is 10.1. The second-order valence-corrected chi connectivity index (χ2v) is 19.9. The summed E-state index contributed by atoms with van der Waals surface area (Å²) in [4.78, 5) is 49.5. The first kappa shape index (κ1) is 36.7. The summed E-state index contributed by atoms with van der Waals surface area (Å²) >= 11 is 0. The van der Waals surface area contributed by atoms with Crippen molar-refractivity contribution in [2.45, 2.75) is 138 Å². The largest absolute Gasteiger partial charge is 0.462 e. The van der Waals surface area contributed by atoms with Crippen molar-refractivity contribution in [1.29, 1.82) is 0 Å². The summed E-state index contributed by atoms with van der Waals surface area (Å²) < 4.78 is 5.99. The Morgan fingerprint density at radius 2 is 1.64 bits per heavy atom. The molecule has 286 valence electrons. The molecule has 6 fully saturated rings. The van der Waals surface area contributed by atoms with E-state index < -0.39 is 0 Å². The van der Waals surface area contributed by atoms with Crippen molar-refractivity contribution < 1.29 is 19.1 Å². The van der Waals surface area contributed by atoms with Gasteiger partial charge >= 0.3 is 5.97 Å². The van der Waals surface area contributed by atoms with E-state index in [1.165, 1.54) is 31.3 Å². The molecule has 1 amide bonds. The third-order valence-corrected chi connectivity index (χ3v) is 17.5. The maximum absolute atomic E-state index is 15.4. The summed E-state index contributed by atoms with van der Waals surface area (Å²) in [5.74, 6) is 3.41. The fourth-order valence-corrected chi connectivity index (χ4v) is 14.9. The average Bonchev–Trinajstić information content (AvgIpc) is 3.89. The fraction of sp³-hybridized carbons (Fsp3) is 0.696. The van der Waals surface area contributed by atoms with Crippen LogP contribution in [0.3, 0.4) is 0 Å². The minimum Gasteiger partial charge on any atom is -0.462 e. The van der Waals surface area contributed by atoms with Gasteiger partial charge in [0.15, 0.2) is 0 Å². The number of rotatable bonds is 6. The van der Waals surface area contributed by atoms with Gasteiger partial charge in [0.1, 0.15) is 18.2 Å². The quantitative estimate of drug-likeness (QED) is 0.182. The number of benzene rings is 1. The molecule has 1 aliphatic heterocycles. The van der Waals surface area contributed by atoms with E-state index >= 15 is 4.79 Å². The van der Waals surface area contributed by atoms with Crippen LogP contribution in [0.15, 0.2) is 42.6 Å². The molecule has 8 rings (SSSR count). The number of aromatic nitrogens is 2. The molecule has 5 saturated carbocycles. The molecule has 1 aromatic carbocycles. The van der Waals surface area contributed by atoms with Crippen molar-refractivity contribution in [3.8, 4) is 11.3 Å². The number of carbonyl (C=O) groups excluding carboxylic acids is 3. The van der Waals surface area contributed by atoms with Crippen molar-refractivity contribution >= 4 is 18.2 Å². The number of esters is 1. The lowest BCUT2D eigenvalue weighted by atomic mass is 9.32. The van der Waals surface area contributed by atoms with Crippen LogP contribution < -0.4 is 0 Å². The molecule has 2 heterocycles. The number of likely N-dealkylation sites (tertiary alicyclic amines) is 1. The van der Waals surface area contributed by atoms with E-state index in [1.807, 2.05) is 30.5 Å². The molecule has 53 heavy (non-hydrogen) atoms. The van der Waals surface area contributed by atoms with Crippen molar-refractivity contribution in [3.63, 3.8) is 0 Å². The van der Waals surface area contributed by atoms with Crippen LogP contribution in [-0.4, -0.2) is 45.7 Å². The summed E-state index contributed by atoms with van der Waals surface area (Å²) in [6.07, 6.45) is 15.6. The van der Waals surface area contributed by atoms with Crippen LogP contribution in [0.2, 0.25) is 0 Å². The van der Waals surface area contributed by atoms with E-state index in [9.17, 15) is 9.59 Å². The smallest absolute Gasteiger partial charge is 0.302 e. The lowest BCUT2D eigenvalue weighted by Crippen LogP contribution is -2.67. The second kappa shape index (κ2) is 12.7. The van der Waals surface area contributed by atoms with Crippen LogP contribution >= 0.6 is 0 Å². The zero-order valence-electron chi connectivity index (χ0n) is 33.4. The van der Waals surface area contributed by atoms with Crippen molar-refractivity contribution in [3.05, 3.63) is 54.0 Å². The molecule has 7 heteroatoms. The highest BCUT2D eigenvalue weighted by atomic mass is 16.5. The van der Waals surface area contributed by atoms with Crippen LogP contribution in [-0.2, 0) is 14.3 Å². The summed E-state index contributed by atoms with van der Waals surface area (Å²) in [6.45, 7) is 21.8. The van der Waals surface area contributed by atoms with E-state index in [2.05, 4.69) is 58.0 Å². The lowest BCUT2D eigenvalue weighted by Gasteiger charge is -2.73. The molecule has 1 unspecified atom stereocenters. The average molecular weight is 722 g/mol. The topological polar surface area (TPSA) is 92.4 Å². The summed E-state index contributed by atoms with van der Waals surface area (Å²) in [5, 5.41) is 0. The highest BCUT2D eigenvalue weighted by Crippen LogP contribution is 2.78. The van der Waals surface area contributed by atoms with Gasteiger partial charge in [0.2, 0.25) is 5.91 Å². The van der Waals surface area contributed by atoms with Gasteiger partial charge in [0.25, 0.3) is 0 Å². The number of H-pyrrole nitrogens is 1. The number of hydrogen-bond donors (Lipinski definition) is 1. The standard InChI is InChI=1S/C46H63N3O4/c1-28(2)32-17-22-46(41(52)49-25-9-10-35(49)40-47-26-34(48-40)31-13-11-30(27-50)12-14-31)24-23-44(7)33(39(32)46)15-16-37-43(6)20-19-38(53-29(3)51)42(4,5)36(43)18-21-45(37,44)8/h11-14,26-27,32-33,35-39H,1,9-10,15-25H2,2-8H3,(H,47,48)/t32-,33+,35?,36-,37+,38-,39+,43-,44+,45+,46-/m0/s1. The molecule has 5 aliphatic carbocycles. The van der Waals surface area contributed by atoms with Crippen LogP contribution in [0.25, 0.3) is 11.3 Å². The molecule has 0 bridgehead atoms. The number of fused-ring (bicyclic) bond motifs is 7. The zero-order chi connectivity index (χ0) is 37.7. The summed E-state index contributed by atoms with van der Waals surface area (Å²) in [5.41, 5.74) is 3.95. The maximum Gasteiger partial charge on any atom is 0.302 e. The van der Waals surface area contributed by atoms with E-state index in [4.69, 9.17) is 9.72 Å². The number of nitrogens with zero attached hydrogens (tertiary/aromatic N) is 2. The number of hydrogen-bond acceptors (Lipinski definition) is 5. The van der Waals surface area contributed by atoms with Gasteiger partial charge in [-0.2, -0.15) is 0 Å². The van der Waals surface area contributed by atoms with Crippen LogP contribution in [0.1, 0.15) is 148 Å². The minimum absolute atomic E-state index is 0.0115. The fourth-order valence-electron chi connectivity index (χ4n) is 14.9. The summed E-state index contributed by atoms with van der Waals surface area (Å²) in [7, 11) is 0. The van der Waals surface area contributed by atoms with Crippen molar-refractivity contribution in [2.24, 2.45) is 56.7 Å². The molecular formula is C46H63N3O4. The van der Waals surface area contributed by atoms with E-state index in [-0.39, 0.29) is 45.2 Å². The number of nitrogens with one attached hydrogen (secondary N) is 1. The molecule has 1 N–H and O–H groups in total. The Kier molecular flexibility index (Phi) is 8.78. The molecule has 7 nitrogen and oxygen atoms in total. The lowest BCUT2D eigenvalue weighted by molar-refractivity contribution is -0.249. The summed E-state index contributed by atoms with van der Waals surface area (Å²) in [6, 6.07) is 7.52. The van der Waals surface area contributed by atoms with Gasteiger partial charge in [-0.15, -0.1) is 0 Å². The minimum atomic E-state index is -0.356. The number of amides is 1. The molecule has 6 aliphatic rings. The number of carbonyl (C=O) groups is 3. The highest BCUT2D eigenvalue weighted by molar-refractivity contribution is 5.85. The Morgan fingerprint density at radius 1 is 0.887 bits per heavy atom. The molecular weight excluding hydrogens is 659 g/mol. The number of ether oxygens (including phenoxy) is 1. The monoisotopic (exact) mass is 721 g/mol.